The Hall–Kier alpha value is -3.82. The molecule has 10 heteroatoms. The van der Waals surface area contributed by atoms with E-state index in [1.807, 2.05) is 12.1 Å². The standard InChI is InChI=1S/C20H19FN6O3/c21-16-6-4-14(27-12-22-25-26-27)11-18(16)24-19(28)2-1-9-30-15-5-7-17-13(10-15)3-8-20(29)23-17/h4-7,10-12H,1-3,8-9H2,(H,23,29)(H,24,28). The summed E-state index contributed by atoms with van der Waals surface area (Å²) in [7, 11) is 0. The first-order valence-electron chi connectivity index (χ1n) is 9.47. The summed E-state index contributed by atoms with van der Waals surface area (Å²) in [5.41, 5.74) is 2.43. The Kier molecular flexibility index (Phi) is 5.64. The first-order chi connectivity index (χ1) is 14.6. The largest absolute Gasteiger partial charge is 0.494 e. The molecule has 1 aromatic heterocycles. The van der Waals surface area contributed by atoms with Crippen molar-refractivity contribution in [2.24, 2.45) is 0 Å². The molecule has 3 aromatic rings. The average molecular weight is 410 g/mol. The monoisotopic (exact) mass is 410 g/mol. The number of tetrazole rings is 1. The zero-order chi connectivity index (χ0) is 20.9. The number of hydrogen-bond donors (Lipinski definition) is 2. The molecular weight excluding hydrogens is 391 g/mol. The highest BCUT2D eigenvalue weighted by molar-refractivity contribution is 5.94. The zero-order valence-corrected chi connectivity index (χ0v) is 16.0. The summed E-state index contributed by atoms with van der Waals surface area (Å²) in [5.74, 6) is -0.162. The predicted octanol–water partition coefficient (Wildman–Crippen LogP) is 2.48. The second-order valence-electron chi connectivity index (χ2n) is 6.79. The molecule has 2 amide bonds. The van der Waals surface area contributed by atoms with Crippen molar-refractivity contribution in [1.82, 2.24) is 20.2 Å². The predicted molar refractivity (Wildman–Crippen MR) is 106 cm³/mol. The van der Waals surface area contributed by atoms with E-state index in [9.17, 15) is 14.0 Å². The molecule has 0 saturated carbocycles. The molecule has 154 valence electrons. The smallest absolute Gasteiger partial charge is 0.224 e. The quantitative estimate of drug-likeness (QED) is 0.579. The lowest BCUT2D eigenvalue weighted by atomic mass is 10.0. The molecule has 0 spiro atoms. The number of carbonyl (C=O) groups excluding carboxylic acids is 2. The van der Waals surface area contributed by atoms with E-state index in [1.165, 1.54) is 29.2 Å². The minimum absolute atomic E-state index is 0.0158. The first kappa shape index (κ1) is 19.5. The van der Waals surface area contributed by atoms with Gasteiger partial charge in [-0.15, -0.1) is 5.10 Å². The molecule has 30 heavy (non-hydrogen) atoms. The van der Waals surface area contributed by atoms with Crippen molar-refractivity contribution in [2.75, 3.05) is 17.2 Å². The SMILES string of the molecule is O=C(CCCOc1ccc2c(c1)CCC(=O)N2)Nc1cc(-n2cnnn2)ccc1F. The summed E-state index contributed by atoms with van der Waals surface area (Å²) in [4.78, 5) is 23.6. The Morgan fingerprint density at radius 2 is 2.13 bits per heavy atom. The number of rotatable bonds is 7. The molecule has 1 aliphatic rings. The maximum atomic E-state index is 14.0. The van der Waals surface area contributed by atoms with Crippen molar-refractivity contribution in [1.29, 1.82) is 0 Å². The first-order valence-corrected chi connectivity index (χ1v) is 9.47. The molecule has 9 nitrogen and oxygen atoms in total. The highest BCUT2D eigenvalue weighted by Gasteiger charge is 2.15. The number of aryl methyl sites for hydroxylation is 1. The Labute approximate surface area is 171 Å². The van der Waals surface area contributed by atoms with E-state index in [-0.39, 0.29) is 23.9 Å². The average Bonchev–Trinajstić information content (AvgIpc) is 3.28. The lowest BCUT2D eigenvalue weighted by Gasteiger charge is -2.17. The minimum Gasteiger partial charge on any atom is -0.494 e. The molecule has 2 heterocycles. The van der Waals surface area contributed by atoms with Gasteiger partial charge >= 0.3 is 0 Å². The Morgan fingerprint density at radius 3 is 2.97 bits per heavy atom. The van der Waals surface area contributed by atoms with Crippen LogP contribution in [0.3, 0.4) is 0 Å². The third kappa shape index (κ3) is 4.59. The Bertz CT molecular complexity index is 1070. The van der Waals surface area contributed by atoms with Crippen LogP contribution in [0.4, 0.5) is 15.8 Å². The van der Waals surface area contributed by atoms with Crippen LogP contribution in [-0.4, -0.2) is 38.6 Å². The topological polar surface area (TPSA) is 111 Å². The molecule has 2 N–H and O–H groups in total. The number of amides is 2. The van der Waals surface area contributed by atoms with Gasteiger partial charge in [0.15, 0.2) is 0 Å². The van der Waals surface area contributed by atoms with Gasteiger partial charge in [0, 0.05) is 18.5 Å². The summed E-state index contributed by atoms with van der Waals surface area (Å²) in [6.07, 6.45) is 3.16. The lowest BCUT2D eigenvalue weighted by molar-refractivity contribution is -0.117. The second-order valence-corrected chi connectivity index (χ2v) is 6.79. The van der Waals surface area contributed by atoms with Crippen molar-refractivity contribution in [3.8, 4) is 11.4 Å². The molecule has 0 unspecified atom stereocenters. The number of hydrogen-bond acceptors (Lipinski definition) is 6. The molecule has 4 rings (SSSR count). The number of anilines is 2. The van der Waals surface area contributed by atoms with Crippen LogP contribution >= 0.6 is 0 Å². The Balaban J connectivity index is 1.27. The molecule has 0 fully saturated rings. The minimum atomic E-state index is -0.544. The second kappa shape index (κ2) is 8.68. The van der Waals surface area contributed by atoms with E-state index in [0.29, 0.717) is 37.3 Å². The summed E-state index contributed by atoms with van der Waals surface area (Å²) in [6.45, 7) is 0.339. The number of nitrogens with zero attached hydrogens (tertiary/aromatic N) is 4. The third-order valence-electron chi connectivity index (χ3n) is 4.63. The van der Waals surface area contributed by atoms with E-state index < -0.39 is 5.82 Å². The normalized spacial score (nSPS) is 12.8. The van der Waals surface area contributed by atoms with Crippen LogP contribution < -0.4 is 15.4 Å². The van der Waals surface area contributed by atoms with E-state index >= 15 is 0 Å². The van der Waals surface area contributed by atoms with Crippen LogP contribution in [0.25, 0.3) is 5.69 Å². The van der Waals surface area contributed by atoms with Crippen LogP contribution in [0.15, 0.2) is 42.7 Å². The maximum Gasteiger partial charge on any atom is 0.224 e. The summed E-state index contributed by atoms with van der Waals surface area (Å²) < 4.78 is 21.1. The maximum absolute atomic E-state index is 14.0. The highest BCUT2D eigenvalue weighted by Crippen LogP contribution is 2.27. The van der Waals surface area contributed by atoms with E-state index in [2.05, 4.69) is 26.2 Å². The number of halogens is 1. The fraction of sp³-hybridized carbons (Fsp3) is 0.250. The van der Waals surface area contributed by atoms with Gasteiger partial charge in [-0.05, 0) is 65.2 Å². The summed E-state index contributed by atoms with van der Waals surface area (Å²) in [5, 5.41) is 16.2. The number of fused-ring (bicyclic) bond motifs is 1. The highest BCUT2D eigenvalue weighted by atomic mass is 19.1. The molecule has 2 aromatic carbocycles. The van der Waals surface area contributed by atoms with Crippen molar-refractivity contribution in [3.63, 3.8) is 0 Å². The zero-order valence-electron chi connectivity index (χ0n) is 16.0. The molecule has 0 radical (unpaired) electrons. The van der Waals surface area contributed by atoms with Crippen LogP contribution in [-0.2, 0) is 16.0 Å². The van der Waals surface area contributed by atoms with E-state index in [1.54, 1.807) is 6.07 Å². The van der Waals surface area contributed by atoms with E-state index in [4.69, 9.17) is 4.74 Å². The van der Waals surface area contributed by atoms with Crippen molar-refractivity contribution < 1.29 is 18.7 Å². The molecule has 0 saturated heterocycles. The van der Waals surface area contributed by atoms with Crippen LogP contribution in [0.1, 0.15) is 24.8 Å². The van der Waals surface area contributed by atoms with E-state index in [0.717, 1.165) is 11.3 Å². The van der Waals surface area contributed by atoms with Gasteiger partial charge in [0.2, 0.25) is 11.8 Å². The van der Waals surface area contributed by atoms with Gasteiger partial charge in [0.05, 0.1) is 18.0 Å². The number of nitrogens with one attached hydrogen (secondary N) is 2. The van der Waals surface area contributed by atoms with Gasteiger partial charge in [-0.1, -0.05) is 0 Å². The lowest BCUT2D eigenvalue weighted by Crippen LogP contribution is -2.18. The number of ether oxygens (including phenoxy) is 1. The third-order valence-corrected chi connectivity index (χ3v) is 4.63. The number of carbonyl (C=O) groups is 2. The molecule has 0 bridgehead atoms. The fourth-order valence-corrected chi connectivity index (χ4v) is 3.12. The van der Waals surface area contributed by atoms with Crippen molar-refractivity contribution >= 4 is 23.2 Å². The van der Waals surface area contributed by atoms with Gasteiger partial charge in [0.25, 0.3) is 0 Å². The van der Waals surface area contributed by atoms with Crippen molar-refractivity contribution in [2.45, 2.75) is 25.7 Å². The fourth-order valence-electron chi connectivity index (χ4n) is 3.12. The summed E-state index contributed by atoms with van der Waals surface area (Å²) in [6, 6.07) is 9.72. The molecule has 0 atom stereocenters. The van der Waals surface area contributed by atoms with Gasteiger partial charge in [0.1, 0.15) is 17.9 Å². The van der Waals surface area contributed by atoms with Crippen LogP contribution in [0.2, 0.25) is 0 Å². The number of benzene rings is 2. The summed E-state index contributed by atoms with van der Waals surface area (Å²) >= 11 is 0. The number of aromatic nitrogens is 4. The van der Waals surface area contributed by atoms with Gasteiger partial charge in [-0.25, -0.2) is 9.07 Å². The van der Waals surface area contributed by atoms with Crippen LogP contribution in [0, 0.1) is 5.82 Å². The van der Waals surface area contributed by atoms with Crippen molar-refractivity contribution in [3.05, 3.63) is 54.1 Å². The van der Waals surface area contributed by atoms with Gasteiger partial charge in [-0.3, -0.25) is 9.59 Å². The molecular formula is C20H19FN6O3. The van der Waals surface area contributed by atoms with Gasteiger partial charge < -0.3 is 15.4 Å². The molecule has 1 aliphatic heterocycles. The Morgan fingerprint density at radius 1 is 1.23 bits per heavy atom. The van der Waals surface area contributed by atoms with Gasteiger partial charge in [-0.2, -0.15) is 0 Å². The van der Waals surface area contributed by atoms with Crippen LogP contribution in [0.5, 0.6) is 5.75 Å². The molecule has 0 aliphatic carbocycles.